The highest BCUT2D eigenvalue weighted by atomic mass is 16.6. The summed E-state index contributed by atoms with van der Waals surface area (Å²) in [6, 6.07) is 12.0. The first-order valence-electron chi connectivity index (χ1n) is 8.63. The summed E-state index contributed by atoms with van der Waals surface area (Å²) in [4.78, 5) is 31.9. The van der Waals surface area contributed by atoms with E-state index < -0.39 is 11.9 Å². The molecule has 1 heterocycles. The van der Waals surface area contributed by atoms with Crippen LogP contribution in [0.25, 0.3) is 0 Å². The average molecular weight is 390 g/mol. The topological polar surface area (TPSA) is 103 Å². The van der Waals surface area contributed by atoms with E-state index in [0.717, 1.165) is 5.56 Å². The number of amides is 1. The molecule has 3 aromatic rings. The summed E-state index contributed by atoms with van der Waals surface area (Å²) in [5.74, 6) is -0.334. The van der Waals surface area contributed by atoms with Gasteiger partial charge in [0.15, 0.2) is 11.5 Å². The van der Waals surface area contributed by atoms with Gasteiger partial charge >= 0.3 is 5.97 Å². The lowest BCUT2D eigenvalue weighted by Gasteiger charge is -2.10. The van der Waals surface area contributed by atoms with Gasteiger partial charge in [0.1, 0.15) is 5.69 Å². The second kappa shape index (κ2) is 9.23. The van der Waals surface area contributed by atoms with E-state index >= 15 is 0 Å². The van der Waals surface area contributed by atoms with Crippen molar-refractivity contribution in [1.82, 2.24) is 15.4 Å². The molecule has 0 bridgehead atoms. The van der Waals surface area contributed by atoms with Crippen molar-refractivity contribution in [3.05, 3.63) is 83.4 Å². The van der Waals surface area contributed by atoms with Crippen molar-refractivity contribution < 1.29 is 19.1 Å². The van der Waals surface area contributed by atoms with E-state index in [1.807, 2.05) is 19.1 Å². The van der Waals surface area contributed by atoms with Crippen molar-refractivity contribution in [1.29, 1.82) is 0 Å². The maximum absolute atomic E-state index is 12.3. The van der Waals surface area contributed by atoms with Crippen LogP contribution in [-0.4, -0.2) is 35.2 Å². The van der Waals surface area contributed by atoms with Crippen LogP contribution in [0.4, 0.5) is 0 Å². The summed E-state index contributed by atoms with van der Waals surface area (Å²) >= 11 is 0. The van der Waals surface area contributed by atoms with Crippen molar-refractivity contribution in [2.75, 3.05) is 7.11 Å². The minimum atomic E-state index is -0.485. The Balaban J connectivity index is 1.67. The number of nitrogens with one attached hydrogen (secondary N) is 1. The van der Waals surface area contributed by atoms with Gasteiger partial charge in [-0.15, -0.1) is 0 Å². The summed E-state index contributed by atoms with van der Waals surface area (Å²) < 4.78 is 10.7. The third kappa shape index (κ3) is 5.23. The van der Waals surface area contributed by atoms with Crippen LogP contribution in [0.1, 0.15) is 32.0 Å². The first-order valence-corrected chi connectivity index (χ1v) is 8.63. The van der Waals surface area contributed by atoms with Crippen molar-refractivity contribution in [2.24, 2.45) is 5.10 Å². The smallest absolute Gasteiger partial charge is 0.343 e. The first kappa shape index (κ1) is 19.7. The number of hydrogen-bond acceptors (Lipinski definition) is 7. The number of carbonyl (C=O) groups excluding carboxylic acids is 2. The number of carbonyl (C=O) groups is 2. The predicted octanol–water partition coefficient (Wildman–Crippen LogP) is 2.78. The van der Waals surface area contributed by atoms with E-state index in [1.54, 1.807) is 30.3 Å². The van der Waals surface area contributed by atoms with Crippen LogP contribution >= 0.6 is 0 Å². The number of methoxy groups -OCH3 is 1. The summed E-state index contributed by atoms with van der Waals surface area (Å²) in [7, 11) is 1.47. The lowest BCUT2D eigenvalue weighted by molar-refractivity contribution is 0.0729. The highest BCUT2D eigenvalue weighted by molar-refractivity contribution is 5.93. The number of hydrogen-bond donors (Lipinski definition) is 1. The quantitative estimate of drug-likeness (QED) is 0.300. The third-order valence-corrected chi connectivity index (χ3v) is 3.85. The summed E-state index contributed by atoms with van der Waals surface area (Å²) in [5, 5.41) is 3.88. The molecule has 0 fully saturated rings. The average Bonchev–Trinajstić information content (AvgIpc) is 2.75. The SMILES string of the molecule is COc1cc(/C=N/NC(=O)c2cnccn2)ccc1OC(=O)c1ccc(C)cc1. The number of ether oxygens (including phenoxy) is 2. The van der Waals surface area contributed by atoms with Crippen LogP contribution in [0.15, 0.2) is 66.2 Å². The van der Waals surface area contributed by atoms with Gasteiger partial charge in [-0.1, -0.05) is 17.7 Å². The Labute approximate surface area is 167 Å². The van der Waals surface area contributed by atoms with Gasteiger partial charge < -0.3 is 9.47 Å². The normalized spacial score (nSPS) is 10.6. The second-order valence-electron chi connectivity index (χ2n) is 5.96. The molecule has 146 valence electrons. The van der Waals surface area contributed by atoms with Crippen molar-refractivity contribution in [3.63, 3.8) is 0 Å². The lowest BCUT2D eigenvalue weighted by Crippen LogP contribution is -2.19. The molecule has 0 aliphatic heterocycles. The Hall–Kier alpha value is -4.07. The Bertz CT molecular complexity index is 1030. The molecular formula is C21H18N4O4. The van der Waals surface area contributed by atoms with E-state index in [9.17, 15) is 9.59 Å². The fraction of sp³-hybridized carbons (Fsp3) is 0.0952. The first-order chi connectivity index (χ1) is 14.1. The zero-order valence-electron chi connectivity index (χ0n) is 15.8. The number of rotatable bonds is 6. The highest BCUT2D eigenvalue weighted by Gasteiger charge is 2.13. The molecule has 29 heavy (non-hydrogen) atoms. The number of nitrogens with zero attached hydrogens (tertiary/aromatic N) is 3. The van der Waals surface area contributed by atoms with Crippen LogP contribution < -0.4 is 14.9 Å². The lowest BCUT2D eigenvalue weighted by atomic mass is 10.1. The Morgan fingerprint density at radius 3 is 2.55 bits per heavy atom. The molecule has 1 amide bonds. The van der Waals surface area contributed by atoms with Crippen molar-refractivity contribution in [3.8, 4) is 11.5 Å². The zero-order chi connectivity index (χ0) is 20.6. The molecule has 3 rings (SSSR count). The van der Waals surface area contributed by atoms with Gasteiger partial charge in [-0.2, -0.15) is 5.10 Å². The molecule has 2 aromatic carbocycles. The molecule has 0 spiro atoms. The standard InChI is InChI=1S/C21H18N4O4/c1-14-3-6-16(7-4-14)21(27)29-18-8-5-15(11-19(18)28-2)12-24-25-20(26)17-13-22-9-10-23-17/h3-13H,1-2H3,(H,25,26)/b24-12+. The third-order valence-electron chi connectivity index (χ3n) is 3.85. The van der Waals surface area contributed by atoms with E-state index in [1.165, 1.54) is 31.9 Å². The van der Waals surface area contributed by atoms with Gasteiger partial charge in [0.25, 0.3) is 5.91 Å². The molecule has 1 N–H and O–H groups in total. The largest absolute Gasteiger partial charge is 0.493 e. The second-order valence-corrected chi connectivity index (χ2v) is 5.96. The number of hydrazone groups is 1. The minimum absolute atomic E-state index is 0.153. The maximum Gasteiger partial charge on any atom is 0.343 e. The van der Waals surface area contributed by atoms with Crippen LogP contribution in [0.3, 0.4) is 0 Å². The van der Waals surface area contributed by atoms with E-state index in [0.29, 0.717) is 16.9 Å². The molecule has 0 aliphatic carbocycles. The van der Waals surface area contributed by atoms with Gasteiger partial charge in [-0.25, -0.2) is 15.2 Å². The van der Waals surface area contributed by atoms with Gasteiger partial charge in [0.2, 0.25) is 0 Å². The van der Waals surface area contributed by atoms with E-state index in [4.69, 9.17) is 9.47 Å². The Morgan fingerprint density at radius 1 is 1.07 bits per heavy atom. The molecule has 0 saturated carbocycles. The van der Waals surface area contributed by atoms with Crippen LogP contribution in [-0.2, 0) is 0 Å². The van der Waals surface area contributed by atoms with Gasteiger partial charge in [-0.05, 0) is 42.8 Å². The summed E-state index contributed by atoms with van der Waals surface area (Å²) in [6.07, 6.45) is 5.66. The van der Waals surface area contributed by atoms with Crippen molar-refractivity contribution in [2.45, 2.75) is 6.92 Å². The molecule has 8 heteroatoms. The zero-order valence-corrected chi connectivity index (χ0v) is 15.8. The van der Waals surface area contributed by atoms with Gasteiger partial charge in [-0.3, -0.25) is 9.78 Å². The number of aryl methyl sites for hydroxylation is 1. The molecule has 0 atom stereocenters. The van der Waals surface area contributed by atoms with Crippen molar-refractivity contribution >= 4 is 18.1 Å². The van der Waals surface area contributed by atoms with Gasteiger partial charge in [0.05, 0.1) is 25.1 Å². The predicted molar refractivity (Wildman–Crippen MR) is 106 cm³/mol. The Kier molecular flexibility index (Phi) is 6.26. The molecule has 1 aromatic heterocycles. The number of esters is 1. The summed E-state index contributed by atoms with van der Waals surface area (Å²) in [5.41, 5.74) is 4.64. The molecule has 0 unspecified atom stereocenters. The van der Waals surface area contributed by atoms with Crippen LogP contribution in [0.2, 0.25) is 0 Å². The summed E-state index contributed by atoms with van der Waals surface area (Å²) in [6.45, 7) is 1.94. The number of benzene rings is 2. The number of aromatic nitrogens is 2. The fourth-order valence-corrected chi connectivity index (χ4v) is 2.34. The van der Waals surface area contributed by atoms with Crippen LogP contribution in [0, 0.1) is 6.92 Å². The fourth-order valence-electron chi connectivity index (χ4n) is 2.34. The van der Waals surface area contributed by atoms with E-state index in [-0.39, 0.29) is 11.4 Å². The Morgan fingerprint density at radius 2 is 1.86 bits per heavy atom. The molecule has 0 saturated heterocycles. The maximum atomic E-state index is 12.3. The molecule has 8 nitrogen and oxygen atoms in total. The molecular weight excluding hydrogens is 372 g/mol. The minimum Gasteiger partial charge on any atom is -0.493 e. The van der Waals surface area contributed by atoms with Gasteiger partial charge in [0, 0.05) is 12.4 Å². The highest BCUT2D eigenvalue weighted by Crippen LogP contribution is 2.28. The molecule has 0 radical (unpaired) electrons. The molecule has 0 aliphatic rings. The van der Waals surface area contributed by atoms with E-state index in [2.05, 4.69) is 20.5 Å². The van der Waals surface area contributed by atoms with Crippen LogP contribution in [0.5, 0.6) is 11.5 Å². The monoisotopic (exact) mass is 390 g/mol.